The maximum Gasteiger partial charge on any atom is 0.165 e. The Morgan fingerprint density at radius 1 is 0.655 bits per heavy atom. The Labute approximate surface area is 343 Å². The number of carbonyl (C=O) groups is 1. The first-order chi connectivity index (χ1) is 28.1. The standard InChI is InChI=1S/C47H38Cl2F2N4O3/c48-35-21-27(9-11-37(35)50)46(17-13-29(56)23-43(46)54-19-15-33-31-5-1-3-7-39(31)52-41(33)25-54)45(58)47(28-10-12-38(51)36(49)22-28)18-14-30(57)24-44(47)55-20-16-34-32-6-2-4-8-40(32)53-42(34)26-55/h1-14,17-18,21-24,43-44,52-53,56-57H,15-16,19-20,25-26H2. The number of hydrogen-bond acceptors (Lipinski definition) is 5. The third-order valence-electron chi connectivity index (χ3n) is 12.8. The predicted octanol–water partition coefficient (Wildman–Crippen LogP) is 9.86. The van der Waals surface area contributed by atoms with Crippen LogP contribution in [0.2, 0.25) is 10.0 Å². The lowest BCUT2D eigenvalue weighted by Crippen LogP contribution is -2.64. The van der Waals surface area contributed by atoms with E-state index in [1.807, 2.05) is 36.4 Å². The SMILES string of the molecule is O=C(C1(c2ccc(F)c(Cl)c2)C=CC(O)=CC1N1CCc2c([nH]c3ccccc23)C1)C1(c2ccc(F)c(Cl)c2)C=CC(O)=CC1N1CCc2c([nH]c3ccccc23)C1. The van der Waals surface area contributed by atoms with Crippen molar-refractivity contribution in [1.82, 2.24) is 19.8 Å². The van der Waals surface area contributed by atoms with Gasteiger partial charge in [-0.2, -0.15) is 0 Å². The van der Waals surface area contributed by atoms with E-state index in [0.29, 0.717) is 50.1 Å². The second-order valence-corrected chi connectivity index (χ2v) is 16.6. The zero-order valence-corrected chi connectivity index (χ0v) is 32.7. The van der Waals surface area contributed by atoms with Gasteiger partial charge in [0.25, 0.3) is 0 Å². The van der Waals surface area contributed by atoms with Crippen LogP contribution < -0.4 is 0 Å². The van der Waals surface area contributed by atoms with E-state index < -0.39 is 34.5 Å². The summed E-state index contributed by atoms with van der Waals surface area (Å²) in [6, 6.07) is 23.3. The molecule has 10 rings (SSSR count). The number of para-hydroxylation sites is 2. The molecule has 4 unspecified atom stereocenters. The highest BCUT2D eigenvalue weighted by molar-refractivity contribution is 6.31. The Bertz CT molecular complexity index is 2620. The normalized spacial score (nSPS) is 24.8. The van der Waals surface area contributed by atoms with E-state index in [2.05, 4.69) is 31.9 Å². The van der Waals surface area contributed by atoms with Crippen LogP contribution in [-0.4, -0.2) is 60.9 Å². The van der Waals surface area contributed by atoms with E-state index in [4.69, 9.17) is 23.2 Å². The number of carbonyl (C=O) groups excluding carboxylic acids is 1. The summed E-state index contributed by atoms with van der Waals surface area (Å²) in [5.41, 5.74) is 3.98. The molecule has 11 heteroatoms. The number of rotatable bonds is 6. The van der Waals surface area contributed by atoms with Gasteiger partial charge in [0.2, 0.25) is 0 Å². The predicted molar refractivity (Wildman–Crippen MR) is 223 cm³/mol. The molecule has 58 heavy (non-hydrogen) atoms. The molecule has 4 aliphatic rings. The smallest absolute Gasteiger partial charge is 0.165 e. The van der Waals surface area contributed by atoms with Gasteiger partial charge in [0.1, 0.15) is 23.2 Å². The summed E-state index contributed by atoms with van der Waals surface area (Å²) in [6.45, 7) is 1.90. The second kappa shape index (κ2) is 13.8. The molecule has 2 aliphatic heterocycles. The van der Waals surface area contributed by atoms with Crippen molar-refractivity contribution >= 4 is 50.8 Å². The summed E-state index contributed by atoms with van der Waals surface area (Å²) in [5, 5.41) is 24.5. The van der Waals surface area contributed by atoms with Crippen molar-refractivity contribution in [3.63, 3.8) is 0 Å². The van der Waals surface area contributed by atoms with Gasteiger partial charge in [-0.15, -0.1) is 0 Å². The fourth-order valence-corrected chi connectivity index (χ4v) is 10.4. The molecule has 6 aromatic rings. The summed E-state index contributed by atoms with van der Waals surface area (Å²) in [4.78, 5) is 28.3. The van der Waals surface area contributed by atoms with Crippen molar-refractivity contribution in [2.75, 3.05) is 13.1 Å². The number of aliphatic hydroxyl groups is 2. The molecule has 2 aromatic heterocycles. The summed E-state index contributed by atoms with van der Waals surface area (Å²) >= 11 is 13.2. The van der Waals surface area contributed by atoms with Gasteiger partial charge < -0.3 is 20.2 Å². The van der Waals surface area contributed by atoms with Crippen molar-refractivity contribution in [2.24, 2.45) is 0 Å². The van der Waals surface area contributed by atoms with Gasteiger partial charge in [0.15, 0.2) is 5.78 Å². The van der Waals surface area contributed by atoms with Crippen molar-refractivity contribution in [3.8, 4) is 0 Å². The molecule has 0 saturated heterocycles. The quantitative estimate of drug-likeness (QED) is 0.134. The molecule has 4 heterocycles. The highest BCUT2D eigenvalue weighted by Gasteiger charge is 2.60. The van der Waals surface area contributed by atoms with Gasteiger partial charge in [0, 0.05) is 59.4 Å². The lowest BCUT2D eigenvalue weighted by atomic mass is 9.56. The Kier molecular flexibility index (Phi) is 8.80. The molecule has 0 fully saturated rings. The molecular formula is C47H38Cl2F2N4O3. The van der Waals surface area contributed by atoms with E-state index in [-0.39, 0.29) is 27.3 Å². The van der Waals surface area contributed by atoms with Gasteiger partial charge in [-0.3, -0.25) is 14.6 Å². The highest BCUT2D eigenvalue weighted by Crippen LogP contribution is 2.51. The van der Waals surface area contributed by atoms with E-state index in [1.165, 1.54) is 47.5 Å². The largest absolute Gasteiger partial charge is 0.508 e. The number of Topliss-reactive ketones (excluding diaryl/α,β-unsaturated/α-hetero) is 1. The zero-order valence-electron chi connectivity index (χ0n) is 31.2. The molecule has 292 valence electrons. The lowest BCUT2D eigenvalue weighted by Gasteiger charge is -2.52. The van der Waals surface area contributed by atoms with Crippen LogP contribution >= 0.6 is 23.2 Å². The number of aliphatic hydroxyl groups excluding tert-OH is 2. The number of aromatic nitrogens is 2. The van der Waals surface area contributed by atoms with E-state index in [0.717, 1.165) is 33.2 Å². The third kappa shape index (κ3) is 5.62. The fourth-order valence-electron chi connectivity index (χ4n) is 10.1. The van der Waals surface area contributed by atoms with Gasteiger partial charge in [-0.1, -0.05) is 83.9 Å². The number of ketones is 1. The number of allylic oxidation sites excluding steroid dienone is 2. The maximum atomic E-state index is 16.8. The van der Waals surface area contributed by atoms with Crippen LogP contribution in [-0.2, 0) is 41.6 Å². The molecule has 0 saturated carbocycles. The number of nitrogens with one attached hydrogen (secondary N) is 2. The molecule has 0 spiro atoms. The summed E-state index contributed by atoms with van der Waals surface area (Å²) in [7, 11) is 0. The monoisotopic (exact) mass is 814 g/mol. The van der Waals surface area contributed by atoms with Crippen LogP contribution in [0.25, 0.3) is 21.8 Å². The van der Waals surface area contributed by atoms with Crippen LogP contribution in [0.4, 0.5) is 8.78 Å². The Morgan fingerprint density at radius 3 is 1.52 bits per heavy atom. The minimum absolute atomic E-state index is 0.0291. The molecule has 4 N–H and O–H groups in total. The third-order valence-corrected chi connectivity index (χ3v) is 13.4. The van der Waals surface area contributed by atoms with Gasteiger partial charge >= 0.3 is 0 Å². The minimum Gasteiger partial charge on any atom is -0.508 e. The Hall–Kier alpha value is -5.45. The van der Waals surface area contributed by atoms with Crippen LogP contribution in [0.1, 0.15) is 33.6 Å². The second-order valence-electron chi connectivity index (χ2n) is 15.8. The summed E-state index contributed by atoms with van der Waals surface area (Å²) < 4.78 is 30.2. The van der Waals surface area contributed by atoms with Crippen molar-refractivity contribution in [1.29, 1.82) is 0 Å². The summed E-state index contributed by atoms with van der Waals surface area (Å²) in [6.07, 6.45) is 11.1. The first-order valence-electron chi connectivity index (χ1n) is 19.4. The molecule has 4 aromatic carbocycles. The molecule has 0 bridgehead atoms. The zero-order chi connectivity index (χ0) is 39.9. The topological polar surface area (TPSA) is 95.6 Å². The fraction of sp³-hybridized carbons (Fsp3) is 0.213. The van der Waals surface area contributed by atoms with Crippen LogP contribution in [0.3, 0.4) is 0 Å². The maximum absolute atomic E-state index is 16.8. The minimum atomic E-state index is -1.63. The first-order valence-corrected chi connectivity index (χ1v) is 20.1. The van der Waals surface area contributed by atoms with E-state index >= 15 is 13.6 Å². The number of benzene rings is 4. The van der Waals surface area contributed by atoms with Crippen molar-refractivity contribution in [2.45, 2.75) is 48.8 Å². The molecular weight excluding hydrogens is 777 g/mol. The lowest BCUT2D eigenvalue weighted by molar-refractivity contribution is -0.131. The van der Waals surface area contributed by atoms with Crippen LogP contribution in [0.5, 0.6) is 0 Å². The first kappa shape index (κ1) is 36.9. The van der Waals surface area contributed by atoms with E-state index in [9.17, 15) is 10.2 Å². The highest BCUT2D eigenvalue weighted by atomic mass is 35.5. The average molecular weight is 816 g/mol. The van der Waals surface area contributed by atoms with Gasteiger partial charge in [-0.05, 0) is 95.8 Å². The molecule has 0 radical (unpaired) electrons. The number of aromatic amines is 2. The van der Waals surface area contributed by atoms with Gasteiger partial charge in [0.05, 0.1) is 33.0 Å². The number of nitrogens with zero attached hydrogens (tertiary/aromatic N) is 2. The number of H-pyrrole nitrogens is 2. The summed E-state index contributed by atoms with van der Waals surface area (Å²) in [5.74, 6) is -1.70. The van der Waals surface area contributed by atoms with Crippen LogP contribution in [0, 0.1) is 11.6 Å². The number of hydrogen-bond donors (Lipinski definition) is 4. The number of fused-ring (bicyclic) bond motifs is 6. The van der Waals surface area contributed by atoms with Gasteiger partial charge in [-0.25, -0.2) is 8.78 Å². The van der Waals surface area contributed by atoms with Crippen molar-refractivity contribution in [3.05, 3.63) is 188 Å². The number of halogens is 4. The molecule has 4 atom stereocenters. The Morgan fingerprint density at radius 2 is 1.09 bits per heavy atom. The van der Waals surface area contributed by atoms with E-state index in [1.54, 1.807) is 36.4 Å². The molecule has 0 amide bonds. The van der Waals surface area contributed by atoms with Crippen LogP contribution in [0.15, 0.2) is 133 Å². The average Bonchev–Trinajstić information content (AvgIpc) is 3.80. The molecule has 2 aliphatic carbocycles. The molecule has 7 nitrogen and oxygen atoms in total. The van der Waals surface area contributed by atoms with Crippen molar-refractivity contribution < 1.29 is 23.8 Å². The Balaban J connectivity index is 1.18.